The number of nitrogens with one attached hydrogen (secondary N) is 3. The van der Waals surface area contributed by atoms with Crippen molar-refractivity contribution in [3.8, 4) is 12.1 Å². The average molecular weight is 468 g/mol. The van der Waals surface area contributed by atoms with Gasteiger partial charge in [-0.05, 0) is 38.7 Å². The molecule has 2 aromatic rings. The summed E-state index contributed by atoms with van der Waals surface area (Å²) in [6, 6.07) is 10.6. The molecule has 0 saturated carbocycles. The van der Waals surface area contributed by atoms with Gasteiger partial charge >= 0.3 is 0 Å². The van der Waals surface area contributed by atoms with Crippen LogP contribution in [0.15, 0.2) is 29.1 Å². The summed E-state index contributed by atoms with van der Waals surface area (Å²) in [5, 5.41) is 26.3. The lowest BCUT2D eigenvalue weighted by Crippen LogP contribution is -2.34. The molecule has 1 aromatic carbocycles. The first-order chi connectivity index (χ1) is 15.8. The number of benzene rings is 1. The number of likely N-dealkylation sites (N-methyl/N-ethyl adjacent to an activating group) is 1. The van der Waals surface area contributed by atoms with Gasteiger partial charge in [0.1, 0.15) is 21.8 Å². The third kappa shape index (κ3) is 6.77. The van der Waals surface area contributed by atoms with E-state index in [2.05, 4.69) is 16.0 Å². The van der Waals surface area contributed by atoms with E-state index in [4.69, 9.17) is 5.26 Å². The number of hydrogen-bond acceptors (Lipinski definition) is 8. The molecule has 172 valence electrons. The van der Waals surface area contributed by atoms with Crippen LogP contribution in [0, 0.1) is 22.7 Å². The van der Waals surface area contributed by atoms with Crippen LogP contribution in [0.5, 0.6) is 0 Å². The Morgan fingerprint density at radius 2 is 1.97 bits per heavy atom. The average Bonchev–Trinajstić information content (AvgIpc) is 3.11. The summed E-state index contributed by atoms with van der Waals surface area (Å²) < 4.78 is 1.85. The molecule has 11 heteroatoms. The van der Waals surface area contributed by atoms with Gasteiger partial charge < -0.3 is 16.0 Å². The molecule has 10 nitrogen and oxygen atoms in total. The van der Waals surface area contributed by atoms with E-state index in [1.165, 1.54) is 10.8 Å². The summed E-state index contributed by atoms with van der Waals surface area (Å²) in [5.41, 5.74) is 0.675. The van der Waals surface area contributed by atoms with Crippen LogP contribution >= 0.6 is 11.3 Å². The Balaban J connectivity index is 2.35. The molecule has 0 saturated heterocycles. The SMILES string of the molecule is CCN(C)CC(=O)Nc1cccc(NC=c2sc(=C(C#N)C(=O)NCC#N)n(CC)c2=O)c1. The molecule has 33 heavy (non-hydrogen) atoms. The predicted molar refractivity (Wildman–Crippen MR) is 127 cm³/mol. The maximum absolute atomic E-state index is 12.8. The molecule has 3 N–H and O–H groups in total. The largest absolute Gasteiger partial charge is 0.360 e. The summed E-state index contributed by atoms with van der Waals surface area (Å²) in [6.07, 6.45) is 1.50. The highest BCUT2D eigenvalue weighted by Gasteiger charge is 2.15. The fourth-order valence-corrected chi connectivity index (χ4v) is 3.88. The van der Waals surface area contributed by atoms with E-state index >= 15 is 0 Å². The van der Waals surface area contributed by atoms with Crippen LogP contribution in [0.4, 0.5) is 11.4 Å². The van der Waals surface area contributed by atoms with Gasteiger partial charge in [-0.25, -0.2) is 0 Å². The van der Waals surface area contributed by atoms with Gasteiger partial charge in [0.05, 0.1) is 12.6 Å². The van der Waals surface area contributed by atoms with Gasteiger partial charge in [-0.1, -0.05) is 13.0 Å². The topological polar surface area (TPSA) is 143 Å². The van der Waals surface area contributed by atoms with Crippen molar-refractivity contribution in [3.63, 3.8) is 0 Å². The zero-order chi connectivity index (χ0) is 24.4. The highest BCUT2D eigenvalue weighted by Crippen LogP contribution is 2.15. The van der Waals surface area contributed by atoms with Gasteiger partial charge in [0.15, 0.2) is 5.57 Å². The van der Waals surface area contributed by atoms with Crippen molar-refractivity contribution in [2.75, 3.05) is 37.3 Å². The second-order valence-corrected chi connectivity index (χ2v) is 7.93. The Kier molecular flexibility index (Phi) is 9.36. The van der Waals surface area contributed by atoms with Crippen LogP contribution in [-0.2, 0) is 16.1 Å². The Morgan fingerprint density at radius 3 is 2.61 bits per heavy atom. The molecule has 1 aromatic heterocycles. The minimum Gasteiger partial charge on any atom is -0.360 e. The smallest absolute Gasteiger partial charge is 0.270 e. The predicted octanol–water partition coefficient (Wildman–Crippen LogP) is -0.0159. The monoisotopic (exact) mass is 467 g/mol. The van der Waals surface area contributed by atoms with Crippen LogP contribution in [0.1, 0.15) is 13.8 Å². The summed E-state index contributed by atoms with van der Waals surface area (Å²) in [4.78, 5) is 39.0. The van der Waals surface area contributed by atoms with Crippen LogP contribution in [-0.4, -0.2) is 48.0 Å². The molecule has 0 atom stereocenters. The third-order valence-corrected chi connectivity index (χ3v) is 5.70. The molecular weight excluding hydrogens is 442 g/mol. The maximum Gasteiger partial charge on any atom is 0.270 e. The molecule has 2 amide bonds. The normalized spacial score (nSPS) is 12.0. The van der Waals surface area contributed by atoms with E-state index in [1.807, 2.05) is 24.9 Å². The molecule has 0 spiro atoms. The van der Waals surface area contributed by atoms with Gasteiger partial charge in [0, 0.05) is 24.1 Å². The van der Waals surface area contributed by atoms with Crippen molar-refractivity contribution in [1.29, 1.82) is 10.5 Å². The van der Waals surface area contributed by atoms with E-state index in [9.17, 15) is 19.6 Å². The van der Waals surface area contributed by atoms with E-state index in [0.29, 0.717) is 15.9 Å². The van der Waals surface area contributed by atoms with Crippen LogP contribution in [0.2, 0.25) is 0 Å². The lowest BCUT2D eigenvalue weighted by atomic mass is 10.2. The summed E-state index contributed by atoms with van der Waals surface area (Å²) in [5.74, 6) is -0.845. The maximum atomic E-state index is 12.8. The van der Waals surface area contributed by atoms with Crippen molar-refractivity contribution >= 4 is 46.3 Å². The fraction of sp³-hybridized carbons (Fsp3) is 0.318. The summed E-state index contributed by atoms with van der Waals surface area (Å²) in [6.45, 7) is 4.75. The van der Waals surface area contributed by atoms with Crippen LogP contribution < -0.4 is 30.7 Å². The Bertz CT molecular complexity index is 1280. The van der Waals surface area contributed by atoms with Gasteiger partial charge in [-0.3, -0.25) is 23.9 Å². The Morgan fingerprint density at radius 1 is 1.24 bits per heavy atom. The number of nitriles is 2. The number of hydrogen-bond donors (Lipinski definition) is 3. The molecular formula is C22H25N7O3S. The molecule has 0 aliphatic heterocycles. The number of amides is 2. The van der Waals surface area contributed by atoms with E-state index in [0.717, 1.165) is 17.9 Å². The quantitative estimate of drug-likeness (QED) is 0.440. The lowest BCUT2D eigenvalue weighted by Gasteiger charge is -2.13. The summed E-state index contributed by atoms with van der Waals surface area (Å²) >= 11 is 1.00. The first-order valence-corrected chi connectivity index (χ1v) is 11.0. The van der Waals surface area contributed by atoms with Crippen molar-refractivity contribution < 1.29 is 9.59 Å². The minimum atomic E-state index is -0.709. The second-order valence-electron chi connectivity index (χ2n) is 6.90. The number of nitrogens with zero attached hydrogens (tertiary/aromatic N) is 4. The number of thiazole rings is 1. The van der Waals surface area contributed by atoms with Crippen molar-refractivity contribution in [2.45, 2.75) is 20.4 Å². The number of anilines is 2. The number of rotatable bonds is 9. The number of carbonyl (C=O) groups excluding carboxylic acids is 2. The van der Waals surface area contributed by atoms with Crippen molar-refractivity contribution in [1.82, 2.24) is 14.8 Å². The zero-order valence-corrected chi connectivity index (χ0v) is 19.5. The van der Waals surface area contributed by atoms with Gasteiger partial charge in [0.25, 0.3) is 11.5 Å². The summed E-state index contributed by atoms with van der Waals surface area (Å²) in [7, 11) is 1.85. The molecule has 0 bridgehead atoms. The van der Waals surface area contributed by atoms with E-state index in [-0.39, 0.29) is 41.3 Å². The van der Waals surface area contributed by atoms with E-state index in [1.54, 1.807) is 37.3 Å². The Hall–Kier alpha value is -3.93. The fourth-order valence-electron chi connectivity index (χ4n) is 2.79. The van der Waals surface area contributed by atoms with Crippen LogP contribution in [0.25, 0.3) is 11.8 Å². The van der Waals surface area contributed by atoms with E-state index < -0.39 is 5.91 Å². The molecule has 0 unspecified atom stereocenters. The molecule has 0 fully saturated rings. The minimum absolute atomic E-state index is 0.136. The first kappa shape index (κ1) is 25.3. The number of aromatic nitrogens is 1. The van der Waals surface area contributed by atoms with Crippen molar-refractivity contribution in [2.24, 2.45) is 0 Å². The van der Waals surface area contributed by atoms with Gasteiger partial charge in [-0.2, -0.15) is 10.5 Å². The molecule has 0 aliphatic rings. The second kappa shape index (κ2) is 12.2. The highest BCUT2D eigenvalue weighted by molar-refractivity contribution is 7.07. The van der Waals surface area contributed by atoms with Crippen molar-refractivity contribution in [3.05, 3.63) is 43.8 Å². The first-order valence-electron chi connectivity index (χ1n) is 10.2. The highest BCUT2D eigenvalue weighted by atomic mass is 32.1. The Labute approximate surface area is 195 Å². The van der Waals surface area contributed by atoms with Gasteiger partial charge in [0.2, 0.25) is 5.91 Å². The standard InChI is InChI=1S/C22H25N7O3S/c1-4-28(3)14-19(30)27-16-8-6-7-15(11-16)26-13-18-21(32)29(5-2)22(33-18)17(12-24)20(31)25-10-9-23/h6-8,11,13,26H,4-5,10,14H2,1-3H3,(H,25,31)(H,27,30). The molecule has 2 rings (SSSR count). The molecule has 0 aliphatic carbocycles. The van der Waals surface area contributed by atoms with Crippen LogP contribution in [0.3, 0.4) is 0 Å². The zero-order valence-electron chi connectivity index (χ0n) is 18.6. The third-order valence-electron chi connectivity index (χ3n) is 4.57. The van der Waals surface area contributed by atoms with Gasteiger partial charge in [-0.15, -0.1) is 11.3 Å². The molecule has 0 radical (unpaired) electrons. The number of carbonyl (C=O) groups is 2. The molecule has 1 heterocycles. The lowest BCUT2D eigenvalue weighted by molar-refractivity contribution is -0.117.